The van der Waals surface area contributed by atoms with Crippen molar-refractivity contribution in [1.82, 2.24) is 5.32 Å². The molecule has 6 rings (SSSR count). The summed E-state index contributed by atoms with van der Waals surface area (Å²) in [6, 6.07) is 15.2. The standard InChI is InChI=1S/C18H19NO/c1-19-18(20)17-12-15-7-6-13-2-4-14(5-3-13)8-10-16(17)11-9-15/h2-5,9,11-12H,6-8,10H2,1H3,(H,19,20). The van der Waals surface area contributed by atoms with E-state index in [4.69, 9.17) is 0 Å². The van der Waals surface area contributed by atoms with E-state index in [0.29, 0.717) is 0 Å². The molecule has 4 bridgehead atoms. The molecule has 0 aliphatic heterocycles. The number of aryl methyl sites for hydroxylation is 4. The minimum absolute atomic E-state index is 0.0211. The molecule has 0 unspecified atom stereocenters. The van der Waals surface area contributed by atoms with Crippen molar-refractivity contribution in [2.45, 2.75) is 25.7 Å². The Bertz CT molecular complexity index is 628. The summed E-state index contributed by atoms with van der Waals surface area (Å²) in [7, 11) is 1.69. The highest BCUT2D eigenvalue weighted by atomic mass is 16.1. The molecule has 0 aromatic heterocycles. The molecule has 4 aliphatic carbocycles. The Balaban J connectivity index is 2.01. The first-order chi connectivity index (χ1) is 9.76. The SMILES string of the molecule is CNC(=O)c1cc2ccc1CCc1ccc(cc1)CC2. The molecule has 0 saturated carbocycles. The van der Waals surface area contributed by atoms with Crippen molar-refractivity contribution in [2.24, 2.45) is 0 Å². The largest absolute Gasteiger partial charge is 0.355 e. The van der Waals surface area contributed by atoms with E-state index in [1.807, 2.05) is 0 Å². The fraction of sp³-hybridized carbons (Fsp3) is 0.278. The van der Waals surface area contributed by atoms with Gasteiger partial charge in [-0.3, -0.25) is 4.79 Å². The van der Waals surface area contributed by atoms with Crippen LogP contribution in [0.5, 0.6) is 0 Å². The van der Waals surface area contributed by atoms with Crippen LogP contribution >= 0.6 is 0 Å². The predicted octanol–water partition coefficient (Wildman–Crippen LogP) is 2.93. The lowest BCUT2D eigenvalue weighted by atomic mass is 9.93. The Labute approximate surface area is 119 Å². The number of nitrogens with one attached hydrogen (secondary N) is 1. The Morgan fingerprint density at radius 2 is 1.40 bits per heavy atom. The number of benzene rings is 2. The molecule has 2 nitrogen and oxygen atoms in total. The first-order valence-corrected chi connectivity index (χ1v) is 7.18. The highest BCUT2D eigenvalue weighted by Gasteiger charge is 2.12. The Kier molecular flexibility index (Phi) is 3.55. The fourth-order valence-corrected chi connectivity index (χ4v) is 2.78. The molecule has 0 spiro atoms. The van der Waals surface area contributed by atoms with Crippen LogP contribution in [-0.4, -0.2) is 13.0 Å². The average Bonchev–Trinajstić information content (AvgIpc) is 2.49. The Morgan fingerprint density at radius 1 is 0.850 bits per heavy atom. The monoisotopic (exact) mass is 265 g/mol. The molecule has 2 aromatic rings. The van der Waals surface area contributed by atoms with Gasteiger partial charge >= 0.3 is 0 Å². The van der Waals surface area contributed by atoms with Gasteiger partial charge in [0.15, 0.2) is 0 Å². The van der Waals surface area contributed by atoms with Crippen LogP contribution in [0.25, 0.3) is 0 Å². The molecule has 0 atom stereocenters. The van der Waals surface area contributed by atoms with Gasteiger partial charge in [0, 0.05) is 12.6 Å². The van der Waals surface area contributed by atoms with E-state index in [2.05, 4.69) is 47.8 Å². The van der Waals surface area contributed by atoms with Gasteiger partial charge in [-0.2, -0.15) is 0 Å². The lowest BCUT2D eigenvalue weighted by Crippen LogP contribution is -2.20. The normalized spacial score (nSPS) is 13.7. The van der Waals surface area contributed by atoms with E-state index >= 15 is 0 Å². The van der Waals surface area contributed by atoms with Crippen molar-refractivity contribution in [3.63, 3.8) is 0 Å². The molecule has 4 aliphatic rings. The summed E-state index contributed by atoms with van der Waals surface area (Å²) in [6.07, 6.45) is 3.88. The summed E-state index contributed by atoms with van der Waals surface area (Å²) in [6.45, 7) is 0. The maximum atomic E-state index is 12.0. The molecule has 2 heteroatoms. The molecular weight excluding hydrogens is 246 g/mol. The van der Waals surface area contributed by atoms with Crippen molar-refractivity contribution < 1.29 is 4.79 Å². The summed E-state index contributed by atoms with van der Waals surface area (Å²) >= 11 is 0. The van der Waals surface area contributed by atoms with Crippen LogP contribution < -0.4 is 5.32 Å². The van der Waals surface area contributed by atoms with Gasteiger partial charge in [-0.1, -0.05) is 36.4 Å². The van der Waals surface area contributed by atoms with E-state index in [1.54, 1.807) is 7.05 Å². The third kappa shape index (κ3) is 2.60. The van der Waals surface area contributed by atoms with Crippen LogP contribution in [0.3, 0.4) is 0 Å². The lowest BCUT2D eigenvalue weighted by Gasteiger charge is -2.13. The van der Waals surface area contributed by atoms with Gasteiger partial charge in [-0.15, -0.1) is 0 Å². The summed E-state index contributed by atoms with van der Waals surface area (Å²) in [5.74, 6) is 0.0211. The van der Waals surface area contributed by atoms with E-state index in [0.717, 1.165) is 36.8 Å². The molecular formula is C18H19NO. The molecule has 0 fully saturated rings. The number of amides is 1. The second kappa shape index (κ2) is 5.49. The summed E-state index contributed by atoms with van der Waals surface area (Å²) in [4.78, 5) is 12.0. The predicted molar refractivity (Wildman–Crippen MR) is 81.1 cm³/mol. The summed E-state index contributed by atoms with van der Waals surface area (Å²) in [5.41, 5.74) is 5.90. The van der Waals surface area contributed by atoms with Gasteiger partial charge < -0.3 is 5.32 Å². The Hall–Kier alpha value is -2.09. The van der Waals surface area contributed by atoms with Crippen LogP contribution in [0.2, 0.25) is 0 Å². The summed E-state index contributed by atoms with van der Waals surface area (Å²) in [5, 5.41) is 2.75. The molecule has 1 amide bonds. The van der Waals surface area contributed by atoms with Crippen molar-refractivity contribution in [2.75, 3.05) is 7.05 Å². The number of hydrogen-bond acceptors (Lipinski definition) is 1. The van der Waals surface area contributed by atoms with Crippen LogP contribution in [0.4, 0.5) is 0 Å². The van der Waals surface area contributed by atoms with Crippen molar-refractivity contribution in [3.05, 3.63) is 70.3 Å². The van der Waals surface area contributed by atoms with Crippen molar-refractivity contribution in [1.29, 1.82) is 0 Å². The molecule has 102 valence electrons. The van der Waals surface area contributed by atoms with E-state index in [9.17, 15) is 4.79 Å². The van der Waals surface area contributed by atoms with Crippen LogP contribution in [0, 0.1) is 0 Å². The fourth-order valence-electron chi connectivity index (χ4n) is 2.78. The molecule has 2 aromatic carbocycles. The van der Waals surface area contributed by atoms with Crippen LogP contribution in [0.15, 0.2) is 42.5 Å². The van der Waals surface area contributed by atoms with E-state index in [1.165, 1.54) is 16.7 Å². The molecule has 1 N–H and O–H groups in total. The minimum Gasteiger partial charge on any atom is -0.355 e. The van der Waals surface area contributed by atoms with Crippen molar-refractivity contribution in [3.8, 4) is 0 Å². The maximum Gasteiger partial charge on any atom is 0.251 e. The third-order valence-electron chi connectivity index (χ3n) is 4.05. The quantitative estimate of drug-likeness (QED) is 0.844. The lowest BCUT2D eigenvalue weighted by molar-refractivity contribution is 0.0962. The second-order valence-corrected chi connectivity index (χ2v) is 5.39. The number of rotatable bonds is 1. The van der Waals surface area contributed by atoms with Gasteiger partial charge in [-0.05, 0) is 54.0 Å². The average molecular weight is 265 g/mol. The van der Waals surface area contributed by atoms with Crippen LogP contribution in [0.1, 0.15) is 32.6 Å². The van der Waals surface area contributed by atoms with Gasteiger partial charge in [0.25, 0.3) is 5.91 Å². The zero-order chi connectivity index (χ0) is 13.9. The van der Waals surface area contributed by atoms with E-state index in [-0.39, 0.29) is 5.91 Å². The van der Waals surface area contributed by atoms with Gasteiger partial charge in [-0.25, -0.2) is 0 Å². The first-order valence-electron chi connectivity index (χ1n) is 7.18. The molecule has 0 saturated heterocycles. The summed E-state index contributed by atoms with van der Waals surface area (Å²) < 4.78 is 0. The third-order valence-corrected chi connectivity index (χ3v) is 4.05. The van der Waals surface area contributed by atoms with Crippen LogP contribution in [-0.2, 0) is 25.7 Å². The van der Waals surface area contributed by atoms with E-state index < -0.39 is 0 Å². The zero-order valence-corrected chi connectivity index (χ0v) is 11.8. The smallest absolute Gasteiger partial charge is 0.251 e. The number of carbonyl (C=O) groups excluding carboxylic acids is 1. The van der Waals surface area contributed by atoms with Gasteiger partial charge in [0.05, 0.1) is 0 Å². The van der Waals surface area contributed by atoms with Gasteiger partial charge in [0.1, 0.15) is 0 Å². The Morgan fingerprint density at radius 3 is 2.05 bits per heavy atom. The maximum absolute atomic E-state index is 12.0. The topological polar surface area (TPSA) is 29.1 Å². The zero-order valence-electron chi connectivity index (χ0n) is 11.8. The molecule has 0 radical (unpaired) electrons. The van der Waals surface area contributed by atoms with Crippen molar-refractivity contribution >= 4 is 5.91 Å². The van der Waals surface area contributed by atoms with Gasteiger partial charge in [0.2, 0.25) is 0 Å². The second-order valence-electron chi connectivity index (χ2n) is 5.39. The molecule has 20 heavy (non-hydrogen) atoms. The number of hydrogen-bond donors (Lipinski definition) is 1. The molecule has 0 heterocycles. The number of carbonyl (C=O) groups is 1. The minimum atomic E-state index is 0.0211. The highest BCUT2D eigenvalue weighted by molar-refractivity contribution is 5.95. The first kappa shape index (κ1) is 12.9. The highest BCUT2D eigenvalue weighted by Crippen LogP contribution is 2.19.